The largest absolute Gasteiger partial charge is 0.512 e. The SMILES string of the molecule is [C-]#N.[C-]#N.[C-]#N.c1ccc(C(c2ccccc2)c2ccccc2)cc1. The van der Waals surface area contributed by atoms with Gasteiger partial charge in [-0.1, -0.05) is 91.0 Å². The first-order valence-corrected chi connectivity index (χ1v) is 7.27. The zero-order chi connectivity index (χ0) is 18.9. The molecule has 3 aromatic carbocycles. The summed E-state index contributed by atoms with van der Waals surface area (Å²) < 4.78 is 0. The Morgan fingerprint density at radius 1 is 0.400 bits per heavy atom. The van der Waals surface area contributed by atoms with Crippen LogP contribution in [0.2, 0.25) is 0 Å². The molecule has 0 atom stereocenters. The van der Waals surface area contributed by atoms with Gasteiger partial charge in [0.1, 0.15) is 0 Å². The van der Waals surface area contributed by atoms with Gasteiger partial charge in [-0.25, -0.2) is 0 Å². The number of hydrogen-bond acceptors (Lipinski definition) is 3. The van der Waals surface area contributed by atoms with E-state index in [4.69, 9.17) is 35.5 Å². The van der Waals surface area contributed by atoms with Crippen LogP contribution in [0.4, 0.5) is 0 Å². The molecule has 0 aromatic heterocycles. The van der Waals surface area contributed by atoms with E-state index < -0.39 is 0 Å². The summed E-state index contributed by atoms with van der Waals surface area (Å²) in [6.45, 7) is 14.2. The predicted molar refractivity (Wildman–Crippen MR) is 95.2 cm³/mol. The van der Waals surface area contributed by atoms with Crippen LogP contribution in [0.3, 0.4) is 0 Å². The van der Waals surface area contributed by atoms with Gasteiger partial charge < -0.3 is 35.5 Å². The van der Waals surface area contributed by atoms with Crippen LogP contribution in [0, 0.1) is 35.5 Å². The summed E-state index contributed by atoms with van der Waals surface area (Å²) in [7, 11) is 0. The van der Waals surface area contributed by atoms with E-state index in [-0.39, 0.29) is 0 Å². The highest BCUT2D eigenvalue weighted by Gasteiger charge is 2.15. The lowest BCUT2D eigenvalue weighted by molar-refractivity contribution is 0.977. The van der Waals surface area contributed by atoms with Gasteiger partial charge in [0.05, 0.1) is 0 Å². The minimum absolute atomic E-state index is 0.309. The molecular weight excluding hydrogens is 306 g/mol. The lowest BCUT2D eigenvalue weighted by Crippen LogP contribution is -2.02. The van der Waals surface area contributed by atoms with E-state index in [0.29, 0.717) is 5.92 Å². The van der Waals surface area contributed by atoms with Gasteiger partial charge in [-0.15, -0.1) is 0 Å². The van der Waals surface area contributed by atoms with Gasteiger partial charge >= 0.3 is 0 Å². The van der Waals surface area contributed by atoms with E-state index in [1.807, 2.05) is 0 Å². The van der Waals surface area contributed by atoms with Crippen molar-refractivity contribution in [1.29, 1.82) is 15.8 Å². The lowest BCUT2D eigenvalue weighted by atomic mass is 9.85. The maximum Gasteiger partial charge on any atom is 0.0339 e. The molecule has 0 N–H and O–H groups in total. The first-order valence-electron chi connectivity index (χ1n) is 7.27. The Morgan fingerprint density at radius 3 is 0.800 bits per heavy atom. The molecule has 0 fully saturated rings. The van der Waals surface area contributed by atoms with Gasteiger partial charge in [-0.05, 0) is 16.7 Å². The summed E-state index contributed by atoms with van der Waals surface area (Å²) in [4.78, 5) is 0. The Hall–Kier alpha value is -3.87. The molecule has 0 spiro atoms. The van der Waals surface area contributed by atoms with Crippen molar-refractivity contribution in [2.45, 2.75) is 5.92 Å². The second-order valence-corrected chi connectivity index (χ2v) is 4.67. The molecular formula is C22H16N3-3. The molecule has 0 heterocycles. The van der Waals surface area contributed by atoms with Crippen LogP contribution < -0.4 is 0 Å². The summed E-state index contributed by atoms with van der Waals surface area (Å²) in [6.07, 6.45) is 0. The van der Waals surface area contributed by atoms with Crippen LogP contribution in [-0.4, -0.2) is 0 Å². The van der Waals surface area contributed by atoms with Crippen molar-refractivity contribution >= 4 is 0 Å². The highest BCUT2D eigenvalue weighted by Crippen LogP contribution is 2.31. The fraction of sp³-hybridized carbons (Fsp3) is 0.0455. The molecule has 0 radical (unpaired) electrons. The number of hydrogen-bond donors (Lipinski definition) is 0. The molecule has 25 heavy (non-hydrogen) atoms. The molecule has 0 aliphatic heterocycles. The number of benzene rings is 3. The molecule has 0 saturated heterocycles. The molecule has 0 aliphatic carbocycles. The first-order chi connectivity index (χ1) is 12.4. The minimum Gasteiger partial charge on any atom is -0.512 e. The maximum absolute atomic E-state index is 6.25. The average molecular weight is 322 g/mol. The van der Waals surface area contributed by atoms with Gasteiger partial charge in [-0.2, -0.15) is 0 Å². The Morgan fingerprint density at radius 2 is 0.600 bits per heavy atom. The van der Waals surface area contributed by atoms with Crippen LogP contribution in [0.5, 0.6) is 0 Å². The van der Waals surface area contributed by atoms with E-state index in [1.165, 1.54) is 16.7 Å². The summed E-state index contributed by atoms with van der Waals surface area (Å²) in [6, 6.07) is 32.0. The fourth-order valence-electron chi connectivity index (χ4n) is 2.51. The predicted octanol–water partition coefficient (Wildman–Crippen LogP) is 5.16. The van der Waals surface area contributed by atoms with Crippen molar-refractivity contribution in [3.8, 4) is 0 Å². The number of nitrogens with zero attached hydrogens (tertiary/aromatic N) is 3. The first kappa shape index (κ1) is 21.1. The zero-order valence-corrected chi connectivity index (χ0v) is 13.6. The Labute approximate surface area is 149 Å². The second-order valence-electron chi connectivity index (χ2n) is 4.67. The highest BCUT2D eigenvalue weighted by atomic mass is 14.2. The zero-order valence-electron chi connectivity index (χ0n) is 13.6. The summed E-state index contributed by atoms with van der Waals surface area (Å²) in [5.41, 5.74) is 4.00. The maximum atomic E-state index is 6.25. The Bertz CT molecular complexity index is 637. The third kappa shape index (κ3) is 6.41. The van der Waals surface area contributed by atoms with E-state index in [9.17, 15) is 0 Å². The monoisotopic (exact) mass is 322 g/mol. The van der Waals surface area contributed by atoms with Crippen molar-refractivity contribution in [2.75, 3.05) is 0 Å². The molecule has 0 aliphatic rings. The van der Waals surface area contributed by atoms with Crippen molar-refractivity contribution < 1.29 is 0 Å². The smallest absolute Gasteiger partial charge is 0.0339 e. The second kappa shape index (κ2) is 13.8. The quantitative estimate of drug-likeness (QED) is 0.494. The van der Waals surface area contributed by atoms with Crippen LogP contribution in [0.1, 0.15) is 22.6 Å². The molecule has 0 amide bonds. The van der Waals surface area contributed by atoms with Crippen molar-refractivity contribution in [3.05, 3.63) is 127 Å². The van der Waals surface area contributed by atoms with Gasteiger partial charge in [0.15, 0.2) is 0 Å². The van der Waals surface area contributed by atoms with Gasteiger partial charge in [0, 0.05) is 5.92 Å². The van der Waals surface area contributed by atoms with Gasteiger partial charge in [0.2, 0.25) is 0 Å². The molecule has 3 rings (SSSR count). The van der Waals surface area contributed by atoms with Crippen molar-refractivity contribution in [3.63, 3.8) is 0 Å². The standard InChI is InChI=1S/C19H16.3CN/c1-4-10-16(11-5-1)19(17-12-6-2-7-13-17)18-14-8-3-9-15-18;3*1-2/h1-15,19H;;;/q;3*-1. The number of rotatable bonds is 3. The van der Waals surface area contributed by atoms with Crippen molar-refractivity contribution in [1.82, 2.24) is 0 Å². The third-order valence-corrected chi connectivity index (χ3v) is 3.40. The summed E-state index contributed by atoms with van der Waals surface area (Å²) >= 11 is 0. The van der Waals surface area contributed by atoms with Crippen molar-refractivity contribution in [2.24, 2.45) is 0 Å². The van der Waals surface area contributed by atoms with Crippen LogP contribution in [-0.2, 0) is 0 Å². The van der Waals surface area contributed by atoms with E-state index in [1.54, 1.807) is 0 Å². The average Bonchev–Trinajstić information content (AvgIpc) is 2.75. The topological polar surface area (TPSA) is 71.4 Å². The normalized spacial score (nSPS) is 8.28. The van der Waals surface area contributed by atoms with Gasteiger partial charge in [-0.3, -0.25) is 0 Å². The molecule has 3 nitrogen and oxygen atoms in total. The van der Waals surface area contributed by atoms with Crippen LogP contribution >= 0.6 is 0 Å². The molecule has 0 unspecified atom stereocenters. The van der Waals surface area contributed by atoms with E-state index in [2.05, 4.69) is 91.0 Å². The lowest BCUT2D eigenvalue weighted by Gasteiger charge is -2.18. The van der Waals surface area contributed by atoms with Crippen LogP contribution in [0.25, 0.3) is 0 Å². The molecule has 3 heteroatoms. The molecule has 122 valence electrons. The highest BCUT2D eigenvalue weighted by molar-refractivity contribution is 5.42. The Balaban J connectivity index is 0.000000871. The third-order valence-electron chi connectivity index (χ3n) is 3.40. The van der Waals surface area contributed by atoms with Crippen LogP contribution in [0.15, 0.2) is 91.0 Å². The summed E-state index contributed by atoms with van der Waals surface area (Å²) in [5, 5.41) is 18.8. The fourth-order valence-corrected chi connectivity index (χ4v) is 2.51. The Kier molecular flexibility index (Phi) is 11.6. The summed E-state index contributed by atoms with van der Waals surface area (Å²) in [5.74, 6) is 0.309. The molecule has 0 saturated carbocycles. The van der Waals surface area contributed by atoms with Gasteiger partial charge in [0.25, 0.3) is 0 Å². The van der Waals surface area contributed by atoms with E-state index in [0.717, 1.165) is 0 Å². The molecule has 3 aromatic rings. The molecule has 0 bridgehead atoms. The van der Waals surface area contributed by atoms with E-state index >= 15 is 0 Å². The minimum atomic E-state index is 0.309.